The van der Waals surface area contributed by atoms with Gasteiger partial charge in [-0.15, -0.1) is 0 Å². The van der Waals surface area contributed by atoms with Crippen molar-refractivity contribution in [1.29, 1.82) is 0 Å². The fraction of sp³-hybridized carbons (Fsp3) is 0.462. The summed E-state index contributed by atoms with van der Waals surface area (Å²) in [7, 11) is 0. The lowest BCUT2D eigenvalue weighted by molar-refractivity contribution is 0.532. The standard InChI is InChI=1S/C13H15ClN4/c1-8(2)18-7-10(6-15-18)13-16-11(9-3-4-9)5-12(14)17-13/h5-9H,3-4H2,1-2H3. The summed E-state index contributed by atoms with van der Waals surface area (Å²) in [6, 6.07) is 2.20. The lowest BCUT2D eigenvalue weighted by atomic mass is 10.2. The minimum absolute atomic E-state index is 0.334. The zero-order valence-electron chi connectivity index (χ0n) is 10.5. The molecule has 2 aromatic heterocycles. The molecule has 4 nitrogen and oxygen atoms in total. The predicted octanol–water partition coefficient (Wildman–Crippen LogP) is 3.45. The Bertz CT molecular complexity index is 572. The quantitative estimate of drug-likeness (QED) is 0.796. The molecule has 0 N–H and O–H groups in total. The van der Waals surface area contributed by atoms with E-state index >= 15 is 0 Å². The topological polar surface area (TPSA) is 43.6 Å². The third kappa shape index (κ3) is 2.25. The fourth-order valence-electron chi connectivity index (χ4n) is 1.89. The molecule has 1 aliphatic rings. The van der Waals surface area contributed by atoms with Crippen molar-refractivity contribution in [2.24, 2.45) is 0 Å². The highest BCUT2D eigenvalue weighted by Gasteiger charge is 2.26. The molecule has 0 spiro atoms. The highest BCUT2D eigenvalue weighted by molar-refractivity contribution is 6.29. The van der Waals surface area contributed by atoms with Crippen molar-refractivity contribution in [3.05, 3.63) is 29.3 Å². The number of hydrogen-bond acceptors (Lipinski definition) is 3. The first kappa shape index (κ1) is 11.7. The maximum absolute atomic E-state index is 6.06. The van der Waals surface area contributed by atoms with Gasteiger partial charge in [0, 0.05) is 23.9 Å². The molecule has 0 aliphatic heterocycles. The Morgan fingerprint density at radius 1 is 1.33 bits per heavy atom. The van der Waals surface area contributed by atoms with E-state index in [-0.39, 0.29) is 0 Å². The summed E-state index contributed by atoms with van der Waals surface area (Å²) in [4.78, 5) is 8.88. The fourth-order valence-corrected chi connectivity index (χ4v) is 2.08. The number of nitrogens with zero attached hydrogens (tertiary/aromatic N) is 4. The van der Waals surface area contributed by atoms with E-state index in [1.54, 1.807) is 6.20 Å². The molecule has 18 heavy (non-hydrogen) atoms. The van der Waals surface area contributed by atoms with Gasteiger partial charge in [-0.05, 0) is 32.8 Å². The largest absolute Gasteiger partial charge is 0.270 e. The number of hydrogen-bond donors (Lipinski definition) is 0. The minimum Gasteiger partial charge on any atom is -0.270 e. The first-order chi connectivity index (χ1) is 8.63. The van der Waals surface area contributed by atoms with Gasteiger partial charge in [-0.1, -0.05) is 11.6 Å². The van der Waals surface area contributed by atoms with Crippen molar-refractivity contribution in [2.45, 2.75) is 38.6 Å². The van der Waals surface area contributed by atoms with E-state index in [0.717, 1.165) is 11.3 Å². The van der Waals surface area contributed by atoms with Crippen molar-refractivity contribution >= 4 is 11.6 Å². The lowest BCUT2D eigenvalue weighted by Gasteiger charge is -2.04. The molecule has 2 aromatic rings. The maximum atomic E-state index is 6.06. The maximum Gasteiger partial charge on any atom is 0.164 e. The summed E-state index contributed by atoms with van der Waals surface area (Å²) < 4.78 is 1.90. The average Bonchev–Trinajstić information content (AvgIpc) is 3.05. The third-order valence-corrected chi connectivity index (χ3v) is 3.29. The van der Waals surface area contributed by atoms with Crippen LogP contribution < -0.4 is 0 Å². The molecule has 0 unspecified atom stereocenters. The summed E-state index contributed by atoms with van der Waals surface area (Å²) in [5, 5.41) is 4.82. The predicted molar refractivity (Wildman–Crippen MR) is 70.6 cm³/mol. The van der Waals surface area contributed by atoms with Gasteiger partial charge in [-0.25, -0.2) is 9.97 Å². The van der Waals surface area contributed by atoms with Gasteiger partial charge in [0.25, 0.3) is 0 Å². The van der Waals surface area contributed by atoms with Gasteiger partial charge in [0.15, 0.2) is 5.82 Å². The van der Waals surface area contributed by atoms with Crippen molar-refractivity contribution in [3.63, 3.8) is 0 Å². The molecule has 3 rings (SSSR count). The van der Waals surface area contributed by atoms with Gasteiger partial charge < -0.3 is 0 Å². The number of aromatic nitrogens is 4. The number of rotatable bonds is 3. The van der Waals surface area contributed by atoms with Crippen molar-refractivity contribution < 1.29 is 0 Å². The van der Waals surface area contributed by atoms with E-state index in [1.807, 2.05) is 16.9 Å². The van der Waals surface area contributed by atoms with Gasteiger partial charge in [0.05, 0.1) is 11.8 Å². The van der Waals surface area contributed by atoms with E-state index in [9.17, 15) is 0 Å². The molecule has 0 atom stereocenters. The second kappa shape index (κ2) is 4.35. The summed E-state index contributed by atoms with van der Waals surface area (Å²) >= 11 is 6.06. The van der Waals surface area contributed by atoms with Gasteiger partial charge in [0.1, 0.15) is 5.15 Å². The zero-order chi connectivity index (χ0) is 12.7. The summed E-state index contributed by atoms with van der Waals surface area (Å²) in [6.07, 6.45) is 6.17. The van der Waals surface area contributed by atoms with Gasteiger partial charge in [0.2, 0.25) is 0 Å². The molecule has 1 aliphatic carbocycles. The molecule has 0 radical (unpaired) electrons. The highest BCUT2D eigenvalue weighted by atomic mass is 35.5. The first-order valence-electron chi connectivity index (χ1n) is 6.22. The van der Waals surface area contributed by atoms with Gasteiger partial charge in [-0.3, -0.25) is 4.68 Å². The zero-order valence-corrected chi connectivity index (χ0v) is 11.2. The molecule has 1 fully saturated rings. The Morgan fingerprint density at radius 2 is 2.11 bits per heavy atom. The molecule has 5 heteroatoms. The van der Waals surface area contributed by atoms with E-state index in [4.69, 9.17) is 11.6 Å². The molecule has 1 saturated carbocycles. The second-order valence-corrected chi connectivity index (χ2v) is 5.40. The Labute approximate surface area is 111 Å². The van der Waals surface area contributed by atoms with Crippen molar-refractivity contribution in [1.82, 2.24) is 19.7 Å². The van der Waals surface area contributed by atoms with Crippen LogP contribution in [0.1, 0.15) is 44.3 Å². The Morgan fingerprint density at radius 3 is 2.72 bits per heavy atom. The number of halogens is 1. The summed E-state index contributed by atoms with van der Waals surface area (Å²) in [5.41, 5.74) is 1.98. The van der Waals surface area contributed by atoms with Crippen LogP contribution in [-0.2, 0) is 0 Å². The third-order valence-electron chi connectivity index (χ3n) is 3.10. The van der Waals surface area contributed by atoms with Crippen LogP contribution in [0.2, 0.25) is 5.15 Å². The lowest BCUT2D eigenvalue weighted by Crippen LogP contribution is -2.00. The second-order valence-electron chi connectivity index (χ2n) is 5.02. The molecule has 0 aromatic carbocycles. The molecule has 0 amide bonds. The van der Waals surface area contributed by atoms with Gasteiger partial charge in [-0.2, -0.15) is 5.10 Å². The van der Waals surface area contributed by atoms with E-state index in [1.165, 1.54) is 12.8 Å². The van der Waals surface area contributed by atoms with E-state index < -0.39 is 0 Å². The van der Waals surface area contributed by atoms with Crippen LogP contribution in [0.3, 0.4) is 0 Å². The van der Waals surface area contributed by atoms with Crippen molar-refractivity contribution in [3.8, 4) is 11.4 Å². The highest BCUT2D eigenvalue weighted by Crippen LogP contribution is 2.40. The van der Waals surface area contributed by atoms with Crippen LogP contribution in [0.15, 0.2) is 18.5 Å². The van der Waals surface area contributed by atoms with Crippen molar-refractivity contribution in [2.75, 3.05) is 0 Å². The summed E-state index contributed by atoms with van der Waals surface area (Å²) in [5.74, 6) is 1.25. The molecular weight excluding hydrogens is 248 g/mol. The van der Waals surface area contributed by atoms with E-state index in [0.29, 0.717) is 22.9 Å². The monoisotopic (exact) mass is 262 g/mol. The van der Waals surface area contributed by atoms with Crippen LogP contribution in [0.25, 0.3) is 11.4 Å². The molecule has 0 saturated heterocycles. The normalized spacial score (nSPS) is 15.3. The van der Waals surface area contributed by atoms with E-state index in [2.05, 4.69) is 28.9 Å². The molecule has 94 valence electrons. The first-order valence-corrected chi connectivity index (χ1v) is 6.60. The van der Waals surface area contributed by atoms with Crippen LogP contribution in [0.5, 0.6) is 0 Å². The SMILES string of the molecule is CC(C)n1cc(-c2nc(Cl)cc(C3CC3)n2)cn1. The van der Waals surface area contributed by atoms with Crippen LogP contribution in [0, 0.1) is 0 Å². The minimum atomic E-state index is 0.334. The van der Waals surface area contributed by atoms with Gasteiger partial charge >= 0.3 is 0 Å². The van der Waals surface area contributed by atoms with Crippen LogP contribution in [-0.4, -0.2) is 19.7 Å². The summed E-state index contributed by atoms with van der Waals surface area (Å²) in [6.45, 7) is 4.18. The Balaban J connectivity index is 1.99. The van der Waals surface area contributed by atoms with Crippen LogP contribution in [0.4, 0.5) is 0 Å². The Hall–Kier alpha value is -1.42. The van der Waals surface area contributed by atoms with Crippen LogP contribution >= 0.6 is 11.6 Å². The smallest absolute Gasteiger partial charge is 0.164 e. The molecular formula is C13H15ClN4. The Kier molecular flexibility index (Phi) is 2.82. The molecule has 0 bridgehead atoms. The molecule has 2 heterocycles. The average molecular weight is 263 g/mol.